The number of likely N-dealkylation sites (tertiary alicyclic amines) is 1. The number of fused-ring (bicyclic) bond motifs is 1. The van der Waals surface area contributed by atoms with Crippen LogP contribution in [0.4, 0.5) is 4.79 Å². The van der Waals surface area contributed by atoms with E-state index in [9.17, 15) is 9.59 Å². The Kier molecular flexibility index (Phi) is 9.62. The van der Waals surface area contributed by atoms with Crippen LogP contribution in [0.1, 0.15) is 38.5 Å². The Morgan fingerprint density at radius 1 is 1.28 bits per heavy atom. The Hall–Kier alpha value is -1.56. The molecule has 1 saturated heterocycles. The van der Waals surface area contributed by atoms with Crippen molar-refractivity contribution in [3.8, 4) is 0 Å². The molecular formula is C22H36IN5O3S. The van der Waals surface area contributed by atoms with Crippen LogP contribution in [0.5, 0.6) is 0 Å². The average Bonchev–Trinajstić information content (AvgIpc) is 3.39. The van der Waals surface area contributed by atoms with Gasteiger partial charge in [-0.2, -0.15) is 0 Å². The molecule has 10 heteroatoms. The number of nitrogens with one attached hydrogen (secondary N) is 2. The number of carbonyl (C=O) groups is 2. The Bertz CT molecular complexity index is 794. The van der Waals surface area contributed by atoms with E-state index in [-0.39, 0.29) is 48.6 Å². The second-order valence-electron chi connectivity index (χ2n) is 9.52. The molecular weight excluding hydrogens is 541 g/mol. The van der Waals surface area contributed by atoms with Gasteiger partial charge < -0.3 is 25.2 Å². The summed E-state index contributed by atoms with van der Waals surface area (Å²) in [6.07, 6.45) is 1.69. The van der Waals surface area contributed by atoms with Crippen LogP contribution in [0, 0.1) is 11.8 Å². The first-order valence-electron chi connectivity index (χ1n) is 10.9. The number of nitrogens with zero attached hydrogens (tertiary/aromatic N) is 3. The van der Waals surface area contributed by atoms with Crippen molar-refractivity contribution in [2.24, 2.45) is 16.8 Å². The third kappa shape index (κ3) is 7.50. The molecule has 1 aliphatic heterocycles. The van der Waals surface area contributed by atoms with Gasteiger partial charge >= 0.3 is 6.09 Å². The molecule has 0 aromatic carbocycles. The van der Waals surface area contributed by atoms with E-state index in [2.05, 4.69) is 32.0 Å². The van der Waals surface area contributed by atoms with Crippen LogP contribution in [0.2, 0.25) is 0 Å². The van der Waals surface area contributed by atoms with E-state index in [0.29, 0.717) is 18.4 Å². The molecule has 3 atom stereocenters. The highest BCUT2D eigenvalue weighted by Gasteiger charge is 2.44. The van der Waals surface area contributed by atoms with Crippen LogP contribution in [0.3, 0.4) is 0 Å². The van der Waals surface area contributed by atoms with Gasteiger partial charge in [-0.1, -0.05) is 6.07 Å². The summed E-state index contributed by atoms with van der Waals surface area (Å²) >= 11 is 1.69. The third-order valence-corrected chi connectivity index (χ3v) is 6.60. The Morgan fingerprint density at radius 3 is 2.66 bits per heavy atom. The van der Waals surface area contributed by atoms with Crippen molar-refractivity contribution in [2.45, 2.75) is 51.8 Å². The minimum Gasteiger partial charge on any atom is -0.444 e. The molecule has 2 fully saturated rings. The number of ether oxygens (including phenoxy) is 1. The zero-order valence-electron chi connectivity index (χ0n) is 19.6. The third-order valence-electron chi connectivity index (χ3n) is 5.72. The van der Waals surface area contributed by atoms with E-state index in [4.69, 9.17) is 4.74 Å². The molecule has 1 aliphatic carbocycles. The smallest absolute Gasteiger partial charge is 0.407 e. The van der Waals surface area contributed by atoms with E-state index in [1.807, 2.05) is 26.8 Å². The molecule has 8 nitrogen and oxygen atoms in total. The van der Waals surface area contributed by atoms with Gasteiger partial charge in [0.05, 0.1) is 6.54 Å². The van der Waals surface area contributed by atoms with E-state index < -0.39 is 5.60 Å². The van der Waals surface area contributed by atoms with Crippen LogP contribution in [-0.4, -0.2) is 73.1 Å². The maximum atomic E-state index is 12.3. The standard InChI is InChI=1S/C22H35N5O3S.HI/c1-22(2,3)30-21(29)25-18-9-8-15-13-27(14-17(15)18)20(24-12-19(28)26(4)5)23-11-16-7-6-10-31-16;/h6-7,10,15,17-18H,8-9,11-14H2,1-5H3,(H,23,24)(H,25,29);1H. The zero-order valence-corrected chi connectivity index (χ0v) is 22.7. The summed E-state index contributed by atoms with van der Waals surface area (Å²) in [4.78, 5) is 34.0. The average molecular weight is 578 g/mol. The fourth-order valence-corrected chi connectivity index (χ4v) is 4.85. The van der Waals surface area contributed by atoms with Gasteiger partial charge in [0.15, 0.2) is 5.96 Å². The molecule has 0 bridgehead atoms. The minimum atomic E-state index is -0.506. The quantitative estimate of drug-likeness (QED) is 0.319. The lowest BCUT2D eigenvalue weighted by Gasteiger charge is -2.26. The second-order valence-corrected chi connectivity index (χ2v) is 10.6. The zero-order chi connectivity index (χ0) is 22.6. The monoisotopic (exact) mass is 577 g/mol. The van der Waals surface area contributed by atoms with E-state index in [1.165, 1.54) is 4.88 Å². The number of likely N-dealkylation sites (N-methyl/N-ethyl adjacent to an activating group) is 1. The van der Waals surface area contributed by atoms with Crippen molar-refractivity contribution in [3.63, 3.8) is 0 Å². The molecule has 1 aromatic heterocycles. The van der Waals surface area contributed by atoms with Crippen molar-refractivity contribution in [1.29, 1.82) is 0 Å². The Labute approximate surface area is 212 Å². The lowest BCUT2D eigenvalue weighted by molar-refractivity contribution is -0.127. The molecule has 0 radical (unpaired) electrons. The number of rotatable bonds is 5. The first kappa shape index (κ1) is 26.7. The topological polar surface area (TPSA) is 86.3 Å². The molecule has 32 heavy (non-hydrogen) atoms. The highest BCUT2D eigenvalue weighted by molar-refractivity contribution is 14.0. The number of carbonyl (C=O) groups excluding carboxylic acids is 2. The summed E-state index contributed by atoms with van der Waals surface area (Å²) < 4.78 is 5.45. The maximum Gasteiger partial charge on any atom is 0.407 e. The van der Waals surface area contributed by atoms with Gasteiger partial charge in [-0.3, -0.25) is 4.79 Å². The number of aliphatic imine (C=N–C) groups is 1. The van der Waals surface area contributed by atoms with Crippen LogP contribution in [0.15, 0.2) is 22.5 Å². The number of halogens is 1. The lowest BCUT2D eigenvalue weighted by Crippen LogP contribution is -2.44. The summed E-state index contributed by atoms with van der Waals surface area (Å²) in [5.41, 5.74) is -0.506. The van der Waals surface area contributed by atoms with Crippen molar-refractivity contribution >= 4 is 53.3 Å². The Morgan fingerprint density at radius 2 is 2.03 bits per heavy atom. The maximum absolute atomic E-state index is 12.3. The first-order valence-corrected chi connectivity index (χ1v) is 11.8. The molecule has 0 spiro atoms. The number of thiophene rings is 1. The molecule has 3 unspecified atom stereocenters. The SMILES string of the molecule is CN(C)C(=O)CN=C(NCc1cccs1)N1CC2CCC(NC(=O)OC(C)(C)C)C2C1.I. The fraction of sp³-hybridized carbons (Fsp3) is 0.682. The van der Waals surface area contributed by atoms with E-state index in [1.54, 1.807) is 30.3 Å². The highest BCUT2D eigenvalue weighted by atomic mass is 127. The van der Waals surface area contributed by atoms with Crippen molar-refractivity contribution in [1.82, 2.24) is 20.4 Å². The molecule has 2 amide bonds. The summed E-state index contributed by atoms with van der Waals surface area (Å²) in [6, 6.07) is 4.22. The molecule has 1 aromatic rings. The second kappa shape index (κ2) is 11.5. The molecule has 2 heterocycles. The van der Waals surface area contributed by atoms with Crippen LogP contribution < -0.4 is 10.6 Å². The molecule has 3 rings (SSSR count). The van der Waals surface area contributed by atoms with Crippen LogP contribution >= 0.6 is 35.3 Å². The van der Waals surface area contributed by atoms with Crippen LogP contribution in [-0.2, 0) is 16.1 Å². The predicted octanol–water partition coefficient (Wildman–Crippen LogP) is 3.14. The van der Waals surface area contributed by atoms with Gasteiger partial charge in [0.25, 0.3) is 0 Å². The van der Waals surface area contributed by atoms with Crippen molar-refractivity contribution < 1.29 is 14.3 Å². The summed E-state index contributed by atoms with van der Waals surface area (Å²) in [5.74, 6) is 1.58. The molecule has 2 aliphatic rings. The molecule has 180 valence electrons. The van der Waals surface area contributed by atoms with Crippen molar-refractivity contribution in [2.75, 3.05) is 33.7 Å². The largest absolute Gasteiger partial charge is 0.444 e. The normalized spacial score (nSPS) is 22.7. The number of alkyl carbamates (subject to hydrolysis) is 1. The van der Waals surface area contributed by atoms with E-state index >= 15 is 0 Å². The summed E-state index contributed by atoms with van der Waals surface area (Å²) in [5, 5.41) is 8.57. The van der Waals surface area contributed by atoms with Gasteiger partial charge in [-0.05, 0) is 51.0 Å². The number of hydrogen-bond donors (Lipinski definition) is 2. The minimum absolute atomic E-state index is 0. The van der Waals surface area contributed by atoms with Gasteiger partial charge in [-0.15, -0.1) is 35.3 Å². The first-order chi connectivity index (χ1) is 14.6. The van der Waals surface area contributed by atoms with Gasteiger partial charge in [0, 0.05) is 44.0 Å². The number of amides is 2. The Balaban J connectivity index is 0.00000363. The summed E-state index contributed by atoms with van der Waals surface area (Å²) in [7, 11) is 3.48. The molecule has 2 N–H and O–H groups in total. The van der Waals surface area contributed by atoms with Gasteiger partial charge in [0.2, 0.25) is 5.91 Å². The summed E-state index contributed by atoms with van der Waals surface area (Å²) in [6.45, 7) is 8.10. The number of guanidine groups is 1. The lowest BCUT2D eigenvalue weighted by atomic mass is 9.98. The van der Waals surface area contributed by atoms with Crippen LogP contribution in [0.25, 0.3) is 0 Å². The van der Waals surface area contributed by atoms with Gasteiger partial charge in [0.1, 0.15) is 12.1 Å². The van der Waals surface area contributed by atoms with Gasteiger partial charge in [-0.25, -0.2) is 9.79 Å². The highest BCUT2D eigenvalue weighted by Crippen LogP contribution is 2.38. The predicted molar refractivity (Wildman–Crippen MR) is 139 cm³/mol. The molecule has 1 saturated carbocycles. The number of hydrogen-bond acceptors (Lipinski definition) is 5. The fourth-order valence-electron chi connectivity index (χ4n) is 4.21. The van der Waals surface area contributed by atoms with E-state index in [0.717, 1.165) is 31.9 Å². The van der Waals surface area contributed by atoms with Crippen molar-refractivity contribution in [3.05, 3.63) is 22.4 Å².